The molecule has 1 heterocycles. The molecule has 21 heavy (non-hydrogen) atoms. The lowest BCUT2D eigenvalue weighted by molar-refractivity contribution is -0.147. The molecule has 1 aliphatic heterocycles. The van der Waals surface area contributed by atoms with E-state index in [1.165, 1.54) is 0 Å². The molecule has 1 saturated heterocycles. The molecule has 0 radical (unpaired) electrons. The molecular weight excluding hydrogens is 272 g/mol. The van der Waals surface area contributed by atoms with Gasteiger partial charge in [0.25, 0.3) is 0 Å². The highest BCUT2D eigenvalue weighted by Crippen LogP contribution is 1.95. The summed E-state index contributed by atoms with van der Waals surface area (Å²) in [5.74, 6) is 0.516. The Labute approximate surface area is 127 Å². The molecule has 0 aromatic rings. The Balaban J connectivity index is 2.10. The van der Waals surface area contributed by atoms with Crippen LogP contribution in [0.1, 0.15) is 20.3 Å². The number of nitrogens with one attached hydrogen (secondary N) is 2. The monoisotopic (exact) mass is 300 g/mol. The van der Waals surface area contributed by atoms with Crippen molar-refractivity contribution in [2.24, 2.45) is 4.99 Å². The summed E-state index contributed by atoms with van der Waals surface area (Å²) in [6.07, 6.45) is 0.269. The molecule has 2 N–H and O–H groups in total. The normalized spacial score (nSPS) is 16.9. The Hall–Kier alpha value is -1.34. The molecule has 0 atom stereocenters. The molecule has 0 bridgehead atoms. The van der Waals surface area contributed by atoms with Crippen LogP contribution in [0.4, 0.5) is 0 Å². The van der Waals surface area contributed by atoms with Crippen LogP contribution >= 0.6 is 0 Å². The van der Waals surface area contributed by atoms with Crippen LogP contribution < -0.4 is 10.6 Å². The number of carbonyl (C=O) groups excluding carboxylic acids is 1. The van der Waals surface area contributed by atoms with Gasteiger partial charge in [-0.3, -0.25) is 14.7 Å². The Kier molecular flexibility index (Phi) is 8.77. The fraction of sp³-hybridized carbons (Fsp3) is 0.857. The van der Waals surface area contributed by atoms with Crippen LogP contribution in [-0.4, -0.2) is 75.9 Å². The van der Waals surface area contributed by atoms with Crippen LogP contribution in [0.2, 0.25) is 0 Å². The number of nitrogens with zero attached hydrogens (tertiary/aromatic N) is 2. The number of hydrogen-bond donors (Lipinski definition) is 2. The highest BCUT2D eigenvalue weighted by Gasteiger charge is 2.10. The summed E-state index contributed by atoms with van der Waals surface area (Å²) in [6.45, 7) is 9.56. The van der Waals surface area contributed by atoms with Crippen LogP contribution in [0, 0.1) is 0 Å². The molecule has 0 aromatic heterocycles. The van der Waals surface area contributed by atoms with Gasteiger partial charge in [0.15, 0.2) is 5.96 Å². The average molecular weight is 300 g/mol. The van der Waals surface area contributed by atoms with Crippen LogP contribution in [0.25, 0.3) is 0 Å². The molecule has 1 rings (SSSR count). The van der Waals surface area contributed by atoms with Crippen LogP contribution in [0.5, 0.6) is 0 Å². The van der Waals surface area contributed by atoms with E-state index < -0.39 is 0 Å². The molecule has 7 heteroatoms. The fourth-order valence-corrected chi connectivity index (χ4v) is 1.98. The molecule has 0 aliphatic carbocycles. The molecule has 1 fully saturated rings. The van der Waals surface area contributed by atoms with Crippen LogP contribution in [-0.2, 0) is 14.3 Å². The summed E-state index contributed by atoms with van der Waals surface area (Å²) in [4.78, 5) is 17.9. The van der Waals surface area contributed by atoms with Crippen molar-refractivity contribution in [3.63, 3.8) is 0 Å². The molecular formula is C14H28N4O3. The van der Waals surface area contributed by atoms with Gasteiger partial charge in [-0.05, 0) is 13.8 Å². The van der Waals surface area contributed by atoms with Gasteiger partial charge in [-0.1, -0.05) is 0 Å². The zero-order valence-electron chi connectivity index (χ0n) is 13.4. The topological polar surface area (TPSA) is 75.2 Å². The maximum Gasteiger partial charge on any atom is 0.307 e. The van der Waals surface area contributed by atoms with E-state index in [-0.39, 0.29) is 12.1 Å². The average Bonchev–Trinajstić information content (AvgIpc) is 2.46. The second-order valence-corrected chi connectivity index (χ2v) is 5.17. The first-order valence-corrected chi connectivity index (χ1v) is 7.56. The second-order valence-electron chi connectivity index (χ2n) is 5.17. The molecule has 7 nitrogen and oxygen atoms in total. The Bertz CT molecular complexity index is 328. The van der Waals surface area contributed by atoms with Gasteiger partial charge in [0.05, 0.1) is 25.7 Å². The predicted molar refractivity (Wildman–Crippen MR) is 82.5 cm³/mol. The Morgan fingerprint density at radius 2 is 1.95 bits per heavy atom. The number of rotatable bonds is 7. The van der Waals surface area contributed by atoms with E-state index in [0.717, 1.165) is 39.4 Å². The van der Waals surface area contributed by atoms with Gasteiger partial charge < -0.3 is 20.1 Å². The molecule has 122 valence electrons. The Morgan fingerprint density at radius 1 is 1.29 bits per heavy atom. The van der Waals surface area contributed by atoms with Gasteiger partial charge >= 0.3 is 5.97 Å². The molecule has 0 saturated carbocycles. The van der Waals surface area contributed by atoms with Gasteiger partial charge in [-0.25, -0.2) is 0 Å². The fourth-order valence-electron chi connectivity index (χ4n) is 1.98. The van der Waals surface area contributed by atoms with Crippen molar-refractivity contribution in [2.75, 3.05) is 53.0 Å². The summed E-state index contributed by atoms with van der Waals surface area (Å²) in [6, 6.07) is 0. The molecule has 0 unspecified atom stereocenters. The van der Waals surface area contributed by atoms with E-state index in [1.807, 2.05) is 13.8 Å². The highest BCUT2D eigenvalue weighted by atomic mass is 16.5. The highest BCUT2D eigenvalue weighted by molar-refractivity contribution is 5.80. The molecule has 1 aliphatic rings. The lowest BCUT2D eigenvalue weighted by Crippen LogP contribution is -2.44. The van der Waals surface area contributed by atoms with E-state index >= 15 is 0 Å². The smallest absolute Gasteiger partial charge is 0.307 e. The second kappa shape index (κ2) is 10.4. The summed E-state index contributed by atoms with van der Waals surface area (Å²) in [7, 11) is 1.72. The third kappa shape index (κ3) is 8.52. The predicted octanol–water partition coefficient (Wildman–Crippen LogP) is -0.175. The first-order chi connectivity index (χ1) is 10.1. The number of guanidine groups is 1. The number of aliphatic imine (C=N–C) groups is 1. The van der Waals surface area contributed by atoms with Gasteiger partial charge in [0.1, 0.15) is 0 Å². The SMILES string of the molecule is CN=C(NCCC(=O)OC(C)C)NCCN1CCOCC1. The standard InChI is InChI=1S/C14H28N4O3/c1-12(2)21-13(19)4-5-16-14(15-3)17-6-7-18-8-10-20-11-9-18/h12H,4-11H2,1-3H3,(H2,15,16,17). The first-order valence-electron chi connectivity index (χ1n) is 7.56. The van der Waals surface area contributed by atoms with Gasteiger partial charge in [-0.15, -0.1) is 0 Å². The van der Waals surface area contributed by atoms with E-state index in [4.69, 9.17) is 9.47 Å². The zero-order chi connectivity index (χ0) is 15.5. The van der Waals surface area contributed by atoms with Gasteiger partial charge in [-0.2, -0.15) is 0 Å². The number of ether oxygens (including phenoxy) is 2. The molecule has 0 spiro atoms. The van der Waals surface area contributed by atoms with E-state index in [2.05, 4.69) is 20.5 Å². The maximum absolute atomic E-state index is 11.4. The summed E-state index contributed by atoms with van der Waals surface area (Å²) in [5.41, 5.74) is 0. The van der Waals surface area contributed by atoms with Crippen molar-refractivity contribution in [2.45, 2.75) is 26.4 Å². The lowest BCUT2D eigenvalue weighted by atomic mass is 10.4. The number of esters is 1. The van der Waals surface area contributed by atoms with Gasteiger partial charge in [0, 0.05) is 39.8 Å². The van der Waals surface area contributed by atoms with E-state index in [9.17, 15) is 4.79 Å². The molecule has 0 amide bonds. The minimum atomic E-state index is -0.193. The van der Waals surface area contributed by atoms with Crippen molar-refractivity contribution < 1.29 is 14.3 Å². The zero-order valence-corrected chi connectivity index (χ0v) is 13.4. The van der Waals surface area contributed by atoms with E-state index in [1.54, 1.807) is 7.05 Å². The summed E-state index contributed by atoms with van der Waals surface area (Å²) >= 11 is 0. The van der Waals surface area contributed by atoms with Crippen molar-refractivity contribution in [3.05, 3.63) is 0 Å². The third-order valence-electron chi connectivity index (χ3n) is 3.04. The van der Waals surface area contributed by atoms with Crippen LogP contribution in [0.15, 0.2) is 4.99 Å². The first kappa shape index (κ1) is 17.7. The minimum Gasteiger partial charge on any atom is -0.463 e. The molecule has 0 aromatic carbocycles. The van der Waals surface area contributed by atoms with Gasteiger partial charge in [0.2, 0.25) is 0 Å². The number of hydrogen-bond acceptors (Lipinski definition) is 5. The number of carbonyl (C=O) groups is 1. The van der Waals surface area contributed by atoms with Crippen molar-refractivity contribution in [1.29, 1.82) is 0 Å². The minimum absolute atomic E-state index is 0.0662. The third-order valence-corrected chi connectivity index (χ3v) is 3.04. The quantitative estimate of drug-likeness (QED) is 0.386. The van der Waals surface area contributed by atoms with E-state index in [0.29, 0.717) is 18.9 Å². The number of morpholine rings is 1. The van der Waals surface area contributed by atoms with Crippen molar-refractivity contribution in [1.82, 2.24) is 15.5 Å². The maximum atomic E-state index is 11.4. The largest absolute Gasteiger partial charge is 0.463 e. The van der Waals surface area contributed by atoms with Crippen LogP contribution in [0.3, 0.4) is 0 Å². The summed E-state index contributed by atoms with van der Waals surface area (Å²) < 4.78 is 10.4. The summed E-state index contributed by atoms with van der Waals surface area (Å²) in [5, 5.41) is 6.34. The lowest BCUT2D eigenvalue weighted by Gasteiger charge is -2.26. The van der Waals surface area contributed by atoms with Crippen molar-refractivity contribution in [3.8, 4) is 0 Å². The Morgan fingerprint density at radius 3 is 2.57 bits per heavy atom. The van der Waals surface area contributed by atoms with Crippen molar-refractivity contribution >= 4 is 11.9 Å².